The second kappa shape index (κ2) is 77.5. The van der Waals surface area contributed by atoms with Crippen molar-refractivity contribution in [3.63, 3.8) is 0 Å². The van der Waals surface area contributed by atoms with Gasteiger partial charge in [0.2, 0.25) is 0 Å². The van der Waals surface area contributed by atoms with Crippen LogP contribution in [0.25, 0.3) is 0 Å². The molecule has 0 aromatic heterocycles. The number of esters is 2. The minimum Gasteiger partial charge on any atom is -0.462 e. The summed E-state index contributed by atoms with van der Waals surface area (Å²) >= 11 is 0. The molecule has 10 heteroatoms. The molecule has 0 aliphatic heterocycles. The number of phosphoric ester groups is 1. The van der Waals surface area contributed by atoms with Gasteiger partial charge < -0.3 is 20.1 Å². The van der Waals surface area contributed by atoms with Crippen LogP contribution < -0.4 is 5.73 Å². The average molecular weight is 1310 g/mol. The Morgan fingerprint density at radius 1 is 0.319 bits per heavy atom. The molecule has 0 aromatic rings. The minimum absolute atomic E-state index is 0.0575. The van der Waals surface area contributed by atoms with E-state index in [2.05, 4.69) is 38.2 Å². The van der Waals surface area contributed by atoms with Crippen LogP contribution in [0.2, 0.25) is 0 Å². The van der Waals surface area contributed by atoms with Crippen molar-refractivity contribution in [2.45, 2.75) is 457 Å². The third-order valence-corrected chi connectivity index (χ3v) is 19.8. The summed E-state index contributed by atoms with van der Waals surface area (Å²) in [6.07, 6.45) is 97.6. The Balaban J connectivity index is 3.73. The third kappa shape index (κ3) is 77.4. The number of unbranched alkanes of at least 4 members (excludes halogenated alkanes) is 62. The van der Waals surface area contributed by atoms with E-state index < -0.39 is 26.5 Å². The maximum atomic E-state index is 12.8. The van der Waals surface area contributed by atoms with E-state index in [4.69, 9.17) is 24.3 Å². The lowest BCUT2D eigenvalue weighted by atomic mass is 10.0. The normalized spacial score (nSPS) is 12.9. The zero-order chi connectivity index (χ0) is 65.8. The molecule has 540 valence electrons. The van der Waals surface area contributed by atoms with Gasteiger partial charge in [-0.25, -0.2) is 4.57 Å². The molecule has 0 radical (unpaired) electrons. The van der Waals surface area contributed by atoms with E-state index in [-0.39, 0.29) is 38.6 Å². The Morgan fingerprint density at radius 2 is 0.538 bits per heavy atom. The molecule has 2 atom stereocenters. The molecular formula is C81H158NO8P. The lowest BCUT2D eigenvalue weighted by Gasteiger charge is -2.19. The molecule has 3 N–H and O–H groups in total. The summed E-state index contributed by atoms with van der Waals surface area (Å²) in [4.78, 5) is 35.5. The van der Waals surface area contributed by atoms with Gasteiger partial charge in [-0.2, -0.15) is 0 Å². The molecule has 0 rings (SSSR count). The Morgan fingerprint density at radius 3 is 0.780 bits per heavy atom. The Labute approximate surface area is 567 Å². The topological polar surface area (TPSA) is 134 Å². The fraction of sp³-hybridized carbons (Fsp3) is 0.926. The standard InChI is InChI=1S/C81H158NO8P/c1-3-5-7-9-11-13-15-17-19-21-23-25-27-29-31-33-35-37-39-41-43-45-47-49-51-53-55-57-59-61-63-65-67-69-71-73-80(83)87-77-79(78-89-91(85,86)88-76-75-82)90-81(84)74-72-70-68-66-64-62-60-58-56-54-52-50-48-46-44-42-40-38-36-34-32-30-28-26-24-22-20-18-16-14-12-10-8-6-4-2/h21-24,79H,3-20,25-78,82H2,1-2H3,(H,85,86)/b23-21-,24-22-. The van der Waals surface area contributed by atoms with Gasteiger partial charge in [0, 0.05) is 19.4 Å². The maximum absolute atomic E-state index is 12.8. The molecule has 0 fully saturated rings. The number of hydrogen-bond acceptors (Lipinski definition) is 8. The zero-order valence-electron chi connectivity index (χ0n) is 61.1. The first-order valence-corrected chi connectivity index (χ1v) is 42.3. The molecule has 0 aliphatic rings. The maximum Gasteiger partial charge on any atom is 0.472 e. The van der Waals surface area contributed by atoms with Crippen LogP contribution in [0.5, 0.6) is 0 Å². The quantitative estimate of drug-likeness (QED) is 0.0264. The highest BCUT2D eigenvalue weighted by Gasteiger charge is 2.26. The van der Waals surface area contributed by atoms with E-state index in [0.29, 0.717) is 6.42 Å². The van der Waals surface area contributed by atoms with E-state index in [9.17, 15) is 19.0 Å². The van der Waals surface area contributed by atoms with Gasteiger partial charge in [0.25, 0.3) is 0 Å². The highest BCUT2D eigenvalue weighted by Crippen LogP contribution is 2.43. The lowest BCUT2D eigenvalue weighted by molar-refractivity contribution is -0.161. The second-order valence-electron chi connectivity index (χ2n) is 28.0. The van der Waals surface area contributed by atoms with Gasteiger partial charge in [-0.15, -0.1) is 0 Å². The lowest BCUT2D eigenvalue weighted by Crippen LogP contribution is -2.29. The van der Waals surface area contributed by atoms with E-state index >= 15 is 0 Å². The average Bonchev–Trinajstić information content (AvgIpc) is 3.74. The largest absolute Gasteiger partial charge is 0.472 e. The predicted octanol–water partition coefficient (Wildman–Crippen LogP) is 27.2. The Hall–Kier alpha value is -1.51. The summed E-state index contributed by atoms with van der Waals surface area (Å²) in [6.45, 7) is 3.84. The van der Waals surface area contributed by atoms with Gasteiger partial charge in [0.15, 0.2) is 6.10 Å². The highest BCUT2D eigenvalue weighted by molar-refractivity contribution is 7.47. The van der Waals surface area contributed by atoms with Crippen molar-refractivity contribution >= 4 is 19.8 Å². The van der Waals surface area contributed by atoms with Crippen molar-refractivity contribution in [1.82, 2.24) is 0 Å². The molecule has 91 heavy (non-hydrogen) atoms. The van der Waals surface area contributed by atoms with Crippen molar-refractivity contribution in [2.24, 2.45) is 5.73 Å². The Kier molecular flexibility index (Phi) is 76.2. The SMILES string of the molecule is CCCCCCCCCC/C=C\CCCCCCCCCCCCCCCCCCCCCCCCCC(=O)OCC(COP(=O)(O)OCCN)OC(=O)CCCCCCCCCCCCCCCCCCCCCCCCC/C=C\CCCCCCCCCC. The van der Waals surface area contributed by atoms with Crippen LogP contribution in [0.15, 0.2) is 24.3 Å². The number of allylic oxidation sites excluding steroid dienone is 4. The number of hydrogen-bond donors (Lipinski definition) is 2. The van der Waals surface area contributed by atoms with Crippen molar-refractivity contribution in [3.05, 3.63) is 24.3 Å². The molecule has 0 saturated carbocycles. The first-order valence-electron chi connectivity index (χ1n) is 40.8. The molecule has 0 heterocycles. The van der Waals surface area contributed by atoms with E-state index in [1.807, 2.05) is 0 Å². The molecule has 2 unspecified atom stereocenters. The number of carbonyl (C=O) groups is 2. The number of phosphoric acid groups is 1. The highest BCUT2D eigenvalue weighted by atomic mass is 31.2. The van der Waals surface area contributed by atoms with Gasteiger partial charge >= 0.3 is 19.8 Å². The van der Waals surface area contributed by atoms with Crippen LogP contribution in [0.4, 0.5) is 0 Å². The third-order valence-electron chi connectivity index (χ3n) is 18.8. The van der Waals surface area contributed by atoms with Crippen LogP contribution in [0.1, 0.15) is 450 Å². The van der Waals surface area contributed by atoms with Gasteiger partial charge in [0.05, 0.1) is 13.2 Å². The zero-order valence-corrected chi connectivity index (χ0v) is 62.0. The van der Waals surface area contributed by atoms with Gasteiger partial charge in [-0.05, 0) is 64.2 Å². The molecule has 9 nitrogen and oxygen atoms in total. The number of rotatable bonds is 79. The van der Waals surface area contributed by atoms with Gasteiger partial charge in [0.1, 0.15) is 6.61 Å². The number of nitrogens with two attached hydrogens (primary N) is 1. The van der Waals surface area contributed by atoms with Crippen molar-refractivity contribution < 1.29 is 37.6 Å². The molecular weight excluding hydrogens is 1150 g/mol. The van der Waals surface area contributed by atoms with Gasteiger partial charge in [-0.1, -0.05) is 398 Å². The predicted molar refractivity (Wildman–Crippen MR) is 395 cm³/mol. The fourth-order valence-electron chi connectivity index (χ4n) is 12.8. The monoisotopic (exact) mass is 1300 g/mol. The molecule has 0 spiro atoms. The van der Waals surface area contributed by atoms with Crippen LogP contribution in [0.3, 0.4) is 0 Å². The number of carbonyl (C=O) groups excluding carboxylic acids is 2. The molecule has 0 amide bonds. The minimum atomic E-state index is -4.39. The summed E-state index contributed by atoms with van der Waals surface area (Å²) in [5.74, 6) is -0.798. The summed E-state index contributed by atoms with van der Waals surface area (Å²) in [5, 5.41) is 0. The second-order valence-corrected chi connectivity index (χ2v) is 29.4. The number of ether oxygens (including phenoxy) is 2. The van der Waals surface area contributed by atoms with Crippen molar-refractivity contribution in [2.75, 3.05) is 26.4 Å². The molecule has 0 aliphatic carbocycles. The van der Waals surface area contributed by atoms with Crippen molar-refractivity contribution in [3.8, 4) is 0 Å². The van der Waals surface area contributed by atoms with E-state index in [1.54, 1.807) is 0 Å². The smallest absolute Gasteiger partial charge is 0.462 e. The summed E-state index contributed by atoms with van der Waals surface area (Å²) in [6, 6.07) is 0. The fourth-order valence-corrected chi connectivity index (χ4v) is 13.5. The molecule has 0 bridgehead atoms. The van der Waals surface area contributed by atoms with Crippen molar-refractivity contribution in [1.29, 1.82) is 0 Å². The van der Waals surface area contributed by atoms with Gasteiger partial charge in [-0.3, -0.25) is 18.6 Å². The van der Waals surface area contributed by atoms with Crippen LogP contribution in [-0.4, -0.2) is 49.3 Å². The summed E-state index contributed by atoms with van der Waals surface area (Å²) in [5.41, 5.74) is 5.42. The molecule has 0 saturated heterocycles. The van der Waals surface area contributed by atoms with E-state index in [0.717, 1.165) is 32.1 Å². The Bertz CT molecular complexity index is 1540. The molecule has 0 aromatic carbocycles. The first kappa shape index (κ1) is 89.5. The van der Waals surface area contributed by atoms with Crippen LogP contribution in [-0.2, 0) is 32.7 Å². The summed E-state index contributed by atoms with van der Waals surface area (Å²) < 4.78 is 33.3. The summed E-state index contributed by atoms with van der Waals surface area (Å²) in [7, 11) is -4.39. The van der Waals surface area contributed by atoms with Crippen LogP contribution >= 0.6 is 7.82 Å². The van der Waals surface area contributed by atoms with Crippen LogP contribution in [0, 0.1) is 0 Å². The first-order chi connectivity index (χ1) is 44.8. The van der Waals surface area contributed by atoms with E-state index in [1.165, 1.54) is 385 Å².